The first-order valence-electron chi connectivity index (χ1n) is 6.58. The fraction of sp³-hybridized carbons (Fsp3) is 0.400. The Bertz CT molecular complexity index is 615. The zero-order chi connectivity index (χ0) is 16.0. The van der Waals surface area contributed by atoms with E-state index in [1.807, 2.05) is 6.07 Å². The minimum atomic E-state index is -0.742. The molecule has 0 atom stereocenters. The number of esters is 1. The molecule has 21 heavy (non-hydrogen) atoms. The van der Waals surface area contributed by atoms with Gasteiger partial charge in [-0.15, -0.1) is 0 Å². The molecule has 0 aliphatic rings. The minimum absolute atomic E-state index is 0.0602. The molecule has 0 bridgehead atoms. The summed E-state index contributed by atoms with van der Waals surface area (Å²) in [4.78, 5) is 16.2. The number of ether oxygens (including phenoxy) is 2. The van der Waals surface area contributed by atoms with Crippen molar-refractivity contribution in [3.05, 3.63) is 34.5 Å². The molecule has 0 aliphatic carbocycles. The first-order valence-corrected chi connectivity index (χ1v) is 6.58. The molecule has 0 spiro atoms. The number of aryl methyl sites for hydroxylation is 2. The van der Waals surface area contributed by atoms with Crippen molar-refractivity contribution in [2.45, 2.75) is 27.7 Å². The second-order valence-electron chi connectivity index (χ2n) is 4.23. The Hall–Kier alpha value is -2.55. The van der Waals surface area contributed by atoms with Crippen molar-refractivity contribution in [1.29, 1.82) is 0 Å². The molecule has 1 aromatic heterocycles. The van der Waals surface area contributed by atoms with Crippen molar-refractivity contribution >= 4 is 11.5 Å². The Kier molecular flexibility index (Phi) is 5.73. The van der Waals surface area contributed by atoms with Gasteiger partial charge in [-0.3, -0.25) is 4.98 Å². The highest BCUT2D eigenvalue weighted by Crippen LogP contribution is 2.22. The van der Waals surface area contributed by atoms with Crippen LogP contribution in [-0.4, -0.2) is 24.2 Å². The van der Waals surface area contributed by atoms with Crippen molar-refractivity contribution in [2.24, 2.45) is 0 Å². The Morgan fingerprint density at radius 2 is 1.95 bits per heavy atom. The first kappa shape index (κ1) is 16.5. The SMILES string of the molecule is CCOC(=O)c1cc(C)c(C)nc1C(C#[NH+])=C([O-])OCC. The van der Waals surface area contributed by atoms with E-state index in [9.17, 15) is 9.90 Å². The highest BCUT2D eigenvalue weighted by Gasteiger charge is 2.21. The fourth-order valence-electron chi connectivity index (χ4n) is 1.67. The number of nitrogens with one attached hydrogen (secondary N) is 1. The number of carbonyl (C=O) groups excluding carboxylic acids is 1. The molecule has 0 aliphatic heterocycles. The van der Waals surface area contributed by atoms with Crippen molar-refractivity contribution < 1.29 is 24.6 Å². The van der Waals surface area contributed by atoms with Crippen LogP contribution in [0.3, 0.4) is 0 Å². The maximum absolute atomic E-state index is 12.0. The number of hydrogen-bond acceptors (Lipinski definition) is 5. The number of rotatable bonds is 5. The molecule has 0 amide bonds. The van der Waals surface area contributed by atoms with E-state index in [4.69, 9.17) is 14.7 Å². The molecule has 1 aromatic rings. The fourth-order valence-corrected chi connectivity index (χ4v) is 1.67. The second kappa shape index (κ2) is 7.29. The van der Waals surface area contributed by atoms with E-state index in [0.717, 1.165) is 5.56 Å². The van der Waals surface area contributed by atoms with Gasteiger partial charge < -0.3 is 14.6 Å². The Morgan fingerprint density at radius 1 is 1.33 bits per heavy atom. The summed E-state index contributed by atoms with van der Waals surface area (Å²) in [7, 11) is 0. The third-order valence-corrected chi connectivity index (χ3v) is 2.80. The van der Waals surface area contributed by atoms with Crippen molar-refractivity contribution in [1.82, 2.24) is 4.98 Å². The molecule has 6 nitrogen and oxygen atoms in total. The van der Waals surface area contributed by atoms with E-state index in [2.05, 4.69) is 4.98 Å². The van der Waals surface area contributed by atoms with Crippen LogP contribution in [0.25, 0.3) is 5.57 Å². The number of aromatic nitrogens is 1. The Labute approximate surface area is 123 Å². The molecule has 1 heterocycles. The van der Waals surface area contributed by atoms with Gasteiger partial charge in [0.15, 0.2) is 0 Å². The summed E-state index contributed by atoms with van der Waals surface area (Å²) in [6, 6.07) is 3.60. The Morgan fingerprint density at radius 3 is 2.48 bits per heavy atom. The molecule has 6 heteroatoms. The predicted octanol–water partition coefficient (Wildman–Crippen LogP) is -0.287. The maximum Gasteiger partial charge on any atom is 0.340 e. The first-order chi connectivity index (χ1) is 9.96. The molecular weight excluding hydrogens is 272 g/mol. The van der Waals surface area contributed by atoms with Crippen molar-refractivity contribution in [3.63, 3.8) is 0 Å². The van der Waals surface area contributed by atoms with E-state index >= 15 is 0 Å². The Balaban J connectivity index is 3.53. The molecule has 0 unspecified atom stereocenters. The summed E-state index contributed by atoms with van der Waals surface area (Å²) >= 11 is 0. The largest absolute Gasteiger partial charge is 0.612 e. The summed E-state index contributed by atoms with van der Waals surface area (Å²) in [5, 5.41) is 19.2. The van der Waals surface area contributed by atoms with Gasteiger partial charge in [0.05, 0.1) is 18.1 Å². The van der Waals surface area contributed by atoms with Gasteiger partial charge in [-0.25, -0.2) is 4.79 Å². The van der Waals surface area contributed by atoms with E-state index in [1.165, 1.54) is 0 Å². The quantitative estimate of drug-likeness (QED) is 0.457. The smallest absolute Gasteiger partial charge is 0.340 e. The molecule has 0 saturated heterocycles. The number of carbonyl (C=O) groups is 1. The van der Waals surface area contributed by atoms with Gasteiger partial charge in [0, 0.05) is 5.69 Å². The van der Waals surface area contributed by atoms with Gasteiger partial charge in [0.25, 0.3) is 0 Å². The van der Waals surface area contributed by atoms with E-state index in [0.29, 0.717) is 5.69 Å². The molecular formula is C15H18N2O4. The van der Waals surface area contributed by atoms with Crippen LogP contribution in [0.15, 0.2) is 12.0 Å². The lowest BCUT2D eigenvalue weighted by Gasteiger charge is -2.16. The average molecular weight is 290 g/mol. The van der Waals surface area contributed by atoms with Gasteiger partial charge in [0.2, 0.25) is 0 Å². The molecule has 1 rings (SSSR count). The van der Waals surface area contributed by atoms with Crippen LogP contribution in [0.5, 0.6) is 0 Å². The van der Waals surface area contributed by atoms with Crippen LogP contribution in [-0.2, 0) is 9.47 Å². The minimum Gasteiger partial charge on any atom is -0.612 e. The molecule has 0 fully saturated rings. The second-order valence-corrected chi connectivity index (χ2v) is 4.23. The van der Waals surface area contributed by atoms with Gasteiger partial charge in [0.1, 0.15) is 11.3 Å². The summed E-state index contributed by atoms with van der Waals surface area (Å²) in [5.41, 5.74) is 1.43. The molecule has 0 aromatic carbocycles. The standard InChI is InChI=1S/C15H18N2O4/c1-5-20-14(18)11-7-9(3)10(4)17-13(11)12(8-16)15(19)21-6-2/h7,19H,5-6H2,1-4H3. The van der Waals surface area contributed by atoms with Gasteiger partial charge in [-0.1, -0.05) is 12.2 Å². The van der Waals surface area contributed by atoms with Crippen LogP contribution >= 0.6 is 0 Å². The van der Waals surface area contributed by atoms with E-state index < -0.39 is 11.9 Å². The summed E-state index contributed by atoms with van der Waals surface area (Å²) in [6.45, 7) is 7.25. The molecule has 0 radical (unpaired) electrons. The van der Waals surface area contributed by atoms with E-state index in [-0.39, 0.29) is 30.0 Å². The summed E-state index contributed by atoms with van der Waals surface area (Å²) in [5.74, 6) is -1.34. The summed E-state index contributed by atoms with van der Waals surface area (Å²) in [6.07, 6.45) is 0. The lowest BCUT2D eigenvalue weighted by Crippen LogP contribution is -2.22. The maximum atomic E-state index is 12.0. The lowest BCUT2D eigenvalue weighted by atomic mass is 10.0. The zero-order valence-corrected chi connectivity index (χ0v) is 12.6. The van der Waals surface area contributed by atoms with Crippen molar-refractivity contribution in [3.8, 4) is 6.07 Å². The van der Waals surface area contributed by atoms with Crippen LogP contribution in [0.4, 0.5) is 0 Å². The number of hydrogen-bond donors (Lipinski definition) is 1. The van der Waals surface area contributed by atoms with Crippen LogP contribution in [0, 0.1) is 19.9 Å². The average Bonchev–Trinajstić information content (AvgIpc) is 2.43. The number of nitrogens with zero attached hydrogens (tertiary/aromatic N) is 1. The van der Waals surface area contributed by atoms with Gasteiger partial charge in [-0.05, 0) is 39.0 Å². The topological polar surface area (TPSA) is 95.3 Å². The number of pyridine rings is 1. The van der Waals surface area contributed by atoms with Crippen LogP contribution < -0.4 is 10.4 Å². The summed E-state index contributed by atoms with van der Waals surface area (Å²) < 4.78 is 9.83. The monoisotopic (exact) mass is 290 g/mol. The van der Waals surface area contributed by atoms with Crippen LogP contribution in [0.2, 0.25) is 0 Å². The van der Waals surface area contributed by atoms with Gasteiger partial charge in [-0.2, -0.15) is 0 Å². The molecule has 112 valence electrons. The third-order valence-electron chi connectivity index (χ3n) is 2.80. The lowest BCUT2D eigenvalue weighted by molar-refractivity contribution is -0.354. The van der Waals surface area contributed by atoms with E-state index in [1.54, 1.807) is 33.8 Å². The highest BCUT2D eigenvalue weighted by molar-refractivity contribution is 5.96. The molecule has 1 N–H and O–H groups in total. The van der Waals surface area contributed by atoms with Crippen molar-refractivity contribution in [2.75, 3.05) is 13.2 Å². The number of allylic oxidation sites excluding steroid dienone is 1. The normalized spacial score (nSPS) is 11.4. The molecule has 0 saturated carbocycles. The van der Waals surface area contributed by atoms with Crippen LogP contribution in [0.1, 0.15) is 41.2 Å². The third kappa shape index (κ3) is 3.72. The predicted molar refractivity (Wildman–Crippen MR) is 73.1 cm³/mol. The zero-order valence-electron chi connectivity index (χ0n) is 12.6. The highest BCUT2D eigenvalue weighted by atomic mass is 16.6. The van der Waals surface area contributed by atoms with Gasteiger partial charge >= 0.3 is 12.0 Å².